The molecule has 4 nitrogen and oxygen atoms in total. The number of nitrogens with zero attached hydrogens (tertiary/aromatic N) is 3. The summed E-state index contributed by atoms with van der Waals surface area (Å²) >= 11 is 0. The highest BCUT2D eigenvalue weighted by molar-refractivity contribution is 5.31. The van der Waals surface area contributed by atoms with Gasteiger partial charge in [-0.25, -0.2) is 0 Å². The molecule has 0 saturated heterocycles. The van der Waals surface area contributed by atoms with Gasteiger partial charge in [0.1, 0.15) is 0 Å². The smallest absolute Gasteiger partial charge is 0.0991 e. The van der Waals surface area contributed by atoms with Gasteiger partial charge in [0, 0.05) is 31.9 Å². The van der Waals surface area contributed by atoms with Crippen LogP contribution < -0.4 is 5.32 Å². The fourth-order valence-electron chi connectivity index (χ4n) is 2.07. The normalized spacial score (nSPS) is 10.4. The van der Waals surface area contributed by atoms with E-state index in [9.17, 15) is 0 Å². The van der Waals surface area contributed by atoms with Crippen LogP contribution in [0.15, 0.2) is 30.5 Å². The quantitative estimate of drug-likeness (QED) is 0.889. The van der Waals surface area contributed by atoms with Crippen molar-refractivity contribution in [2.45, 2.75) is 26.4 Å². The topological polar surface area (TPSA) is 53.6 Å². The lowest BCUT2D eigenvalue weighted by Gasteiger charge is -2.04. The molecule has 1 heterocycles. The first-order valence-corrected chi connectivity index (χ1v) is 6.44. The Morgan fingerprint density at radius 2 is 2.00 bits per heavy atom. The number of aromatic nitrogens is 2. The zero-order valence-electron chi connectivity index (χ0n) is 11.3. The Morgan fingerprint density at radius 3 is 2.63 bits per heavy atom. The van der Waals surface area contributed by atoms with Crippen molar-refractivity contribution in [3.05, 3.63) is 52.8 Å². The molecule has 2 aromatic rings. The molecular formula is C15H18N4. The predicted molar refractivity (Wildman–Crippen MR) is 74.3 cm³/mol. The Morgan fingerprint density at radius 1 is 1.26 bits per heavy atom. The van der Waals surface area contributed by atoms with Crippen molar-refractivity contribution in [3.8, 4) is 6.07 Å². The summed E-state index contributed by atoms with van der Waals surface area (Å²) in [5.41, 5.74) is 4.28. The van der Waals surface area contributed by atoms with Crippen LogP contribution in [0.25, 0.3) is 0 Å². The van der Waals surface area contributed by atoms with Gasteiger partial charge in [-0.3, -0.25) is 4.68 Å². The lowest BCUT2D eigenvalue weighted by molar-refractivity contribution is 0.688. The summed E-state index contributed by atoms with van der Waals surface area (Å²) in [5.74, 6) is 0. The monoisotopic (exact) mass is 254 g/mol. The maximum Gasteiger partial charge on any atom is 0.0991 e. The van der Waals surface area contributed by atoms with E-state index < -0.39 is 0 Å². The van der Waals surface area contributed by atoms with Gasteiger partial charge in [0.15, 0.2) is 0 Å². The summed E-state index contributed by atoms with van der Waals surface area (Å²) in [6.07, 6.45) is 3.01. The van der Waals surface area contributed by atoms with Gasteiger partial charge >= 0.3 is 0 Å². The molecule has 0 amide bonds. The maximum atomic E-state index is 8.74. The number of nitriles is 1. The molecule has 2 rings (SSSR count). The molecule has 0 aliphatic rings. The van der Waals surface area contributed by atoms with Crippen LogP contribution in [0.5, 0.6) is 0 Å². The minimum absolute atomic E-state index is 0.698. The first-order chi connectivity index (χ1) is 9.22. The average Bonchev–Trinajstić information content (AvgIpc) is 2.80. The third kappa shape index (κ3) is 3.43. The third-order valence-electron chi connectivity index (χ3n) is 3.05. The number of hydrogen-bond donors (Lipinski definition) is 1. The van der Waals surface area contributed by atoms with Crippen LogP contribution in [0, 0.1) is 11.3 Å². The first kappa shape index (κ1) is 13.3. The van der Waals surface area contributed by atoms with E-state index in [0.29, 0.717) is 5.56 Å². The second-order valence-corrected chi connectivity index (χ2v) is 4.54. The summed E-state index contributed by atoms with van der Waals surface area (Å²) in [5, 5.41) is 16.6. The highest BCUT2D eigenvalue weighted by atomic mass is 15.3. The van der Waals surface area contributed by atoms with E-state index in [2.05, 4.69) is 29.6 Å². The molecule has 4 heteroatoms. The van der Waals surface area contributed by atoms with Gasteiger partial charge in [-0.2, -0.15) is 10.4 Å². The van der Waals surface area contributed by atoms with Gasteiger partial charge in [-0.15, -0.1) is 0 Å². The van der Waals surface area contributed by atoms with E-state index in [1.54, 1.807) is 0 Å². The molecule has 0 aliphatic heterocycles. The zero-order valence-corrected chi connectivity index (χ0v) is 11.3. The molecule has 0 unspecified atom stereocenters. The highest BCUT2D eigenvalue weighted by Crippen LogP contribution is 2.08. The van der Waals surface area contributed by atoms with E-state index in [1.165, 1.54) is 11.1 Å². The third-order valence-corrected chi connectivity index (χ3v) is 3.05. The fraction of sp³-hybridized carbons (Fsp3) is 0.333. The number of hydrogen-bond acceptors (Lipinski definition) is 3. The second-order valence-electron chi connectivity index (χ2n) is 4.54. The maximum absolute atomic E-state index is 8.74. The molecular weight excluding hydrogens is 236 g/mol. The number of rotatable bonds is 5. The molecule has 0 radical (unpaired) electrons. The van der Waals surface area contributed by atoms with E-state index in [1.807, 2.05) is 36.0 Å². The van der Waals surface area contributed by atoms with E-state index in [4.69, 9.17) is 5.26 Å². The zero-order chi connectivity index (χ0) is 13.7. The summed E-state index contributed by atoms with van der Waals surface area (Å²) in [6, 6.07) is 9.78. The predicted octanol–water partition coefficient (Wildman–Crippen LogP) is 2.14. The van der Waals surface area contributed by atoms with Crippen LogP contribution in [0.1, 0.15) is 29.3 Å². The Bertz CT molecular complexity index is 575. The molecule has 0 fully saturated rings. The SMILES string of the molecule is CCc1nn(C)cc1CNCc1ccc(C#N)cc1. The van der Waals surface area contributed by atoms with Crippen molar-refractivity contribution < 1.29 is 0 Å². The Hall–Kier alpha value is -2.12. The highest BCUT2D eigenvalue weighted by Gasteiger charge is 2.04. The molecule has 0 bridgehead atoms. The van der Waals surface area contributed by atoms with Crippen molar-refractivity contribution in [2.75, 3.05) is 0 Å². The van der Waals surface area contributed by atoms with Crippen molar-refractivity contribution in [3.63, 3.8) is 0 Å². The Labute approximate surface area is 113 Å². The number of nitrogens with one attached hydrogen (secondary N) is 1. The Balaban J connectivity index is 1.90. The van der Waals surface area contributed by atoms with Crippen LogP contribution in [0.2, 0.25) is 0 Å². The minimum atomic E-state index is 0.698. The molecule has 0 aliphatic carbocycles. The summed E-state index contributed by atoms with van der Waals surface area (Å²) in [6.45, 7) is 3.73. The molecule has 1 aromatic heterocycles. The summed E-state index contributed by atoms with van der Waals surface area (Å²) in [7, 11) is 1.95. The number of aryl methyl sites for hydroxylation is 2. The van der Waals surface area contributed by atoms with Crippen LogP contribution in [0.3, 0.4) is 0 Å². The number of benzene rings is 1. The molecule has 19 heavy (non-hydrogen) atoms. The van der Waals surface area contributed by atoms with Crippen molar-refractivity contribution in [1.29, 1.82) is 5.26 Å². The average molecular weight is 254 g/mol. The minimum Gasteiger partial charge on any atom is -0.308 e. The lowest BCUT2D eigenvalue weighted by Crippen LogP contribution is -2.13. The molecule has 0 saturated carbocycles. The lowest BCUT2D eigenvalue weighted by atomic mass is 10.1. The molecule has 1 aromatic carbocycles. The van der Waals surface area contributed by atoms with E-state index >= 15 is 0 Å². The van der Waals surface area contributed by atoms with Crippen LogP contribution in [-0.4, -0.2) is 9.78 Å². The van der Waals surface area contributed by atoms with E-state index in [0.717, 1.165) is 25.2 Å². The van der Waals surface area contributed by atoms with Gasteiger partial charge < -0.3 is 5.32 Å². The molecule has 0 atom stereocenters. The van der Waals surface area contributed by atoms with Crippen molar-refractivity contribution >= 4 is 0 Å². The van der Waals surface area contributed by atoms with Crippen LogP contribution in [-0.2, 0) is 26.6 Å². The second kappa shape index (κ2) is 6.17. The first-order valence-electron chi connectivity index (χ1n) is 6.44. The molecule has 98 valence electrons. The van der Waals surface area contributed by atoms with Gasteiger partial charge in [-0.1, -0.05) is 19.1 Å². The van der Waals surface area contributed by atoms with E-state index in [-0.39, 0.29) is 0 Å². The van der Waals surface area contributed by atoms with Crippen LogP contribution >= 0.6 is 0 Å². The Kier molecular flexibility index (Phi) is 4.32. The van der Waals surface area contributed by atoms with Gasteiger partial charge in [0.05, 0.1) is 17.3 Å². The van der Waals surface area contributed by atoms with Crippen LogP contribution in [0.4, 0.5) is 0 Å². The molecule has 0 spiro atoms. The fourth-order valence-corrected chi connectivity index (χ4v) is 2.07. The summed E-state index contributed by atoms with van der Waals surface area (Å²) < 4.78 is 1.86. The summed E-state index contributed by atoms with van der Waals surface area (Å²) in [4.78, 5) is 0. The molecule has 1 N–H and O–H groups in total. The standard InChI is InChI=1S/C15H18N4/c1-3-15-14(11-19(2)18-15)10-17-9-13-6-4-12(8-16)5-7-13/h4-7,11,17H,3,9-10H2,1-2H3. The van der Waals surface area contributed by atoms with Gasteiger partial charge in [-0.05, 0) is 24.1 Å². The van der Waals surface area contributed by atoms with Gasteiger partial charge in [0.2, 0.25) is 0 Å². The largest absolute Gasteiger partial charge is 0.308 e. The van der Waals surface area contributed by atoms with Crippen molar-refractivity contribution in [1.82, 2.24) is 15.1 Å². The van der Waals surface area contributed by atoms with Gasteiger partial charge in [0.25, 0.3) is 0 Å². The van der Waals surface area contributed by atoms with Crippen molar-refractivity contribution in [2.24, 2.45) is 7.05 Å².